The van der Waals surface area contributed by atoms with E-state index < -0.39 is 5.91 Å². The predicted octanol–water partition coefficient (Wildman–Crippen LogP) is 6.97. The van der Waals surface area contributed by atoms with Crippen LogP contribution in [0, 0.1) is 18.3 Å². The first-order valence-electron chi connectivity index (χ1n) is 13.2. The summed E-state index contributed by atoms with van der Waals surface area (Å²) in [6.45, 7) is 5.51. The molecule has 0 saturated heterocycles. The number of nitrogens with one attached hydrogen (secondary N) is 1. The molecule has 0 aromatic heterocycles. The van der Waals surface area contributed by atoms with Gasteiger partial charge in [-0.3, -0.25) is 4.79 Å². The molecule has 39 heavy (non-hydrogen) atoms. The van der Waals surface area contributed by atoms with Crippen LogP contribution in [0.3, 0.4) is 0 Å². The van der Waals surface area contributed by atoms with Crippen molar-refractivity contribution in [2.24, 2.45) is 0 Å². The van der Waals surface area contributed by atoms with Gasteiger partial charge in [-0.2, -0.15) is 5.26 Å². The SMILES string of the molecule is CCCCCCOc1ccc(OCCOc2ccc(/C=C(\C#N)C(=O)Nc3cccc(C)c3)cc2OC)cc1. The predicted molar refractivity (Wildman–Crippen MR) is 153 cm³/mol. The zero-order valence-corrected chi connectivity index (χ0v) is 22.9. The van der Waals surface area contributed by atoms with E-state index >= 15 is 0 Å². The van der Waals surface area contributed by atoms with Gasteiger partial charge in [-0.15, -0.1) is 0 Å². The summed E-state index contributed by atoms with van der Waals surface area (Å²) in [5.74, 6) is 2.11. The van der Waals surface area contributed by atoms with Crippen LogP contribution >= 0.6 is 0 Å². The first kappa shape index (κ1) is 29.1. The normalized spacial score (nSPS) is 10.9. The van der Waals surface area contributed by atoms with Crippen LogP contribution in [0.2, 0.25) is 0 Å². The molecule has 3 rings (SSSR count). The highest BCUT2D eigenvalue weighted by Crippen LogP contribution is 2.29. The fourth-order valence-electron chi connectivity index (χ4n) is 3.79. The highest BCUT2D eigenvalue weighted by atomic mass is 16.5. The minimum Gasteiger partial charge on any atom is -0.494 e. The van der Waals surface area contributed by atoms with Crippen LogP contribution < -0.4 is 24.3 Å². The number of benzene rings is 3. The zero-order valence-electron chi connectivity index (χ0n) is 22.9. The average Bonchev–Trinajstić information content (AvgIpc) is 2.95. The molecular weight excluding hydrogens is 492 g/mol. The van der Waals surface area contributed by atoms with E-state index in [1.165, 1.54) is 32.4 Å². The molecule has 0 aliphatic rings. The molecule has 0 unspecified atom stereocenters. The van der Waals surface area contributed by atoms with E-state index in [2.05, 4.69) is 12.2 Å². The maximum absolute atomic E-state index is 12.6. The maximum Gasteiger partial charge on any atom is 0.266 e. The zero-order chi connectivity index (χ0) is 27.9. The number of ether oxygens (including phenoxy) is 4. The van der Waals surface area contributed by atoms with Crippen LogP contribution in [-0.4, -0.2) is 32.8 Å². The number of nitriles is 1. The molecule has 7 heteroatoms. The Balaban J connectivity index is 1.50. The van der Waals surface area contributed by atoms with Crippen molar-refractivity contribution in [3.8, 4) is 29.1 Å². The Labute approximate surface area is 231 Å². The van der Waals surface area contributed by atoms with E-state index in [0.717, 1.165) is 30.1 Å². The summed E-state index contributed by atoms with van der Waals surface area (Å²) in [6.07, 6.45) is 6.21. The Kier molecular flexibility index (Phi) is 11.7. The summed E-state index contributed by atoms with van der Waals surface area (Å²) in [4.78, 5) is 12.6. The minimum atomic E-state index is -0.480. The third kappa shape index (κ3) is 9.75. The molecule has 0 bridgehead atoms. The van der Waals surface area contributed by atoms with Crippen LogP contribution in [0.25, 0.3) is 6.08 Å². The summed E-state index contributed by atoms with van der Waals surface area (Å²) < 4.78 is 22.8. The van der Waals surface area contributed by atoms with Crippen LogP contribution in [-0.2, 0) is 4.79 Å². The molecule has 7 nitrogen and oxygen atoms in total. The number of methoxy groups -OCH3 is 1. The van der Waals surface area contributed by atoms with Crippen molar-refractivity contribution in [1.29, 1.82) is 5.26 Å². The van der Waals surface area contributed by atoms with Gasteiger partial charge in [-0.1, -0.05) is 44.4 Å². The van der Waals surface area contributed by atoms with Crippen molar-refractivity contribution in [3.05, 3.63) is 83.4 Å². The summed E-state index contributed by atoms with van der Waals surface area (Å²) >= 11 is 0. The fraction of sp³-hybridized carbons (Fsp3) is 0.312. The first-order valence-corrected chi connectivity index (χ1v) is 13.2. The summed E-state index contributed by atoms with van der Waals surface area (Å²) in [6, 6.07) is 22.1. The summed E-state index contributed by atoms with van der Waals surface area (Å²) in [7, 11) is 1.54. The Hall–Kier alpha value is -4.44. The van der Waals surface area contributed by atoms with Gasteiger partial charge in [0.05, 0.1) is 13.7 Å². The molecule has 3 aromatic rings. The van der Waals surface area contributed by atoms with Gasteiger partial charge in [0.15, 0.2) is 11.5 Å². The van der Waals surface area contributed by atoms with E-state index in [0.29, 0.717) is 36.0 Å². The van der Waals surface area contributed by atoms with Gasteiger partial charge in [-0.25, -0.2) is 0 Å². The molecule has 0 aliphatic carbocycles. The molecular formula is C32H36N2O5. The number of nitrogens with zero attached hydrogens (tertiary/aromatic N) is 1. The van der Waals surface area contributed by atoms with Gasteiger partial charge >= 0.3 is 0 Å². The lowest BCUT2D eigenvalue weighted by atomic mass is 10.1. The van der Waals surface area contributed by atoms with Crippen molar-refractivity contribution in [1.82, 2.24) is 0 Å². The smallest absolute Gasteiger partial charge is 0.266 e. The second-order valence-electron chi connectivity index (χ2n) is 8.98. The van der Waals surface area contributed by atoms with Gasteiger partial charge in [0, 0.05) is 5.69 Å². The second kappa shape index (κ2) is 15.7. The third-order valence-electron chi connectivity index (χ3n) is 5.84. The van der Waals surface area contributed by atoms with Gasteiger partial charge < -0.3 is 24.3 Å². The lowest BCUT2D eigenvalue weighted by Gasteiger charge is -2.13. The van der Waals surface area contributed by atoms with E-state index in [1.807, 2.05) is 55.5 Å². The molecule has 0 fully saturated rings. The topological polar surface area (TPSA) is 89.8 Å². The van der Waals surface area contributed by atoms with Crippen molar-refractivity contribution in [3.63, 3.8) is 0 Å². The Morgan fingerprint density at radius 1 is 0.872 bits per heavy atom. The fourth-order valence-corrected chi connectivity index (χ4v) is 3.79. The molecule has 1 amide bonds. The van der Waals surface area contributed by atoms with Crippen molar-refractivity contribution in [2.75, 3.05) is 32.2 Å². The number of carbonyl (C=O) groups is 1. The number of hydrogen-bond acceptors (Lipinski definition) is 6. The number of rotatable bonds is 15. The molecule has 0 radical (unpaired) electrons. The van der Waals surface area contributed by atoms with Crippen LogP contribution in [0.15, 0.2) is 72.3 Å². The number of anilines is 1. The lowest BCUT2D eigenvalue weighted by Crippen LogP contribution is -2.13. The van der Waals surface area contributed by atoms with E-state index in [4.69, 9.17) is 18.9 Å². The largest absolute Gasteiger partial charge is 0.494 e. The molecule has 0 saturated carbocycles. The molecule has 3 aromatic carbocycles. The average molecular weight is 529 g/mol. The van der Waals surface area contributed by atoms with Gasteiger partial charge in [0.25, 0.3) is 5.91 Å². The number of aryl methyl sites for hydroxylation is 1. The molecule has 0 heterocycles. The van der Waals surface area contributed by atoms with Crippen LogP contribution in [0.1, 0.15) is 43.7 Å². The molecule has 0 atom stereocenters. The monoisotopic (exact) mass is 528 g/mol. The van der Waals surface area contributed by atoms with Crippen LogP contribution in [0.5, 0.6) is 23.0 Å². The number of hydrogen-bond donors (Lipinski definition) is 1. The lowest BCUT2D eigenvalue weighted by molar-refractivity contribution is -0.112. The van der Waals surface area contributed by atoms with Gasteiger partial charge in [0.1, 0.15) is 36.4 Å². The first-order chi connectivity index (χ1) is 19.0. The Morgan fingerprint density at radius 2 is 1.59 bits per heavy atom. The summed E-state index contributed by atoms with van der Waals surface area (Å²) in [5, 5.41) is 12.3. The van der Waals surface area contributed by atoms with Crippen molar-refractivity contribution >= 4 is 17.7 Å². The maximum atomic E-state index is 12.6. The van der Waals surface area contributed by atoms with Crippen molar-refractivity contribution < 1.29 is 23.7 Å². The molecule has 1 N–H and O–H groups in total. The van der Waals surface area contributed by atoms with E-state index in [-0.39, 0.29) is 5.57 Å². The quantitative estimate of drug-likeness (QED) is 0.130. The number of carbonyl (C=O) groups excluding carboxylic acids is 1. The molecule has 0 spiro atoms. The molecule has 0 aliphatic heterocycles. The highest BCUT2D eigenvalue weighted by Gasteiger charge is 2.11. The minimum absolute atomic E-state index is 0.0199. The Morgan fingerprint density at radius 3 is 2.26 bits per heavy atom. The van der Waals surface area contributed by atoms with E-state index in [1.54, 1.807) is 24.3 Å². The molecule has 204 valence electrons. The number of unbranched alkanes of at least 4 members (excludes halogenated alkanes) is 3. The summed E-state index contributed by atoms with van der Waals surface area (Å²) in [5.41, 5.74) is 2.26. The van der Waals surface area contributed by atoms with Gasteiger partial charge in [0.2, 0.25) is 0 Å². The van der Waals surface area contributed by atoms with Gasteiger partial charge in [-0.05, 0) is 79.1 Å². The second-order valence-corrected chi connectivity index (χ2v) is 8.98. The standard InChI is InChI=1S/C32H36N2O5/c1-4-5-6-7-17-37-28-12-14-29(15-13-28)38-18-19-39-30-16-11-25(22-31(30)36-3)21-26(23-33)32(35)34-27-10-8-9-24(2)20-27/h8-16,20-22H,4-7,17-19H2,1-3H3,(H,34,35)/b26-21+. The van der Waals surface area contributed by atoms with Crippen molar-refractivity contribution in [2.45, 2.75) is 39.5 Å². The highest BCUT2D eigenvalue weighted by molar-refractivity contribution is 6.09. The Bertz CT molecular complexity index is 1280. The number of amides is 1. The third-order valence-corrected chi connectivity index (χ3v) is 5.84. The van der Waals surface area contributed by atoms with Crippen LogP contribution in [0.4, 0.5) is 5.69 Å². The van der Waals surface area contributed by atoms with E-state index in [9.17, 15) is 10.1 Å².